The number of amides is 2. The number of hydrogen-bond acceptors (Lipinski definition) is 5. The number of carbonyl (C=O) groups excluding carboxylic acids is 3. The van der Waals surface area contributed by atoms with Crippen LogP contribution in [0.15, 0.2) is 54.6 Å². The first-order valence-electron chi connectivity index (χ1n) is 8.10. The van der Waals surface area contributed by atoms with Crippen molar-refractivity contribution in [3.05, 3.63) is 60.2 Å². The molecule has 0 atom stereocenters. The minimum Gasteiger partial charge on any atom is -0.484 e. The standard InChI is InChI=1S/C19H20N2O5/c1-2-25-19(24)14-8-10-15(11-9-14)21-17(22)12-20-18(23)13-26-16-6-4-3-5-7-16/h3-11H,2,12-13H2,1H3,(H,20,23)(H,21,22). The van der Waals surface area contributed by atoms with Crippen molar-refractivity contribution in [3.63, 3.8) is 0 Å². The number of carbonyl (C=O) groups is 3. The van der Waals surface area contributed by atoms with Gasteiger partial charge in [0.15, 0.2) is 6.61 Å². The van der Waals surface area contributed by atoms with E-state index < -0.39 is 11.9 Å². The molecule has 0 aliphatic heterocycles. The number of anilines is 1. The third-order valence-corrected chi connectivity index (χ3v) is 3.24. The predicted octanol–water partition coefficient (Wildman–Crippen LogP) is 2.00. The zero-order valence-corrected chi connectivity index (χ0v) is 14.4. The Labute approximate surface area is 151 Å². The molecule has 0 spiro atoms. The third kappa shape index (κ3) is 6.27. The number of para-hydroxylation sites is 1. The molecule has 7 heteroatoms. The van der Waals surface area contributed by atoms with Gasteiger partial charge in [0.25, 0.3) is 5.91 Å². The molecule has 0 bridgehead atoms. The highest BCUT2D eigenvalue weighted by Gasteiger charge is 2.09. The van der Waals surface area contributed by atoms with Crippen LogP contribution in [0.3, 0.4) is 0 Å². The Morgan fingerprint density at radius 1 is 0.923 bits per heavy atom. The molecule has 2 amide bonds. The number of esters is 1. The van der Waals surface area contributed by atoms with E-state index in [0.717, 1.165) is 0 Å². The molecule has 0 saturated carbocycles. The SMILES string of the molecule is CCOC(=O)c1ccc(NC(=O)CNC(=O)COc2ccccc2)cc1. The highest BCUT2D eigenvalue weighted by molar-refractivity contribution is 5.95. The van der Waals surface area contributed by atoms with Gasteiger partial charge in [-0.1, -0.05) is 18.2 Å². The number of rotatable bonds is 8. The maximum atomic E-state index is 11.9. The molecular weight excluding hydrogens is 336 g/mol. The van der Waals surface area contributed by atoms with Crippen LogP contribution in [0.4, 0.5) is 5.69 Å². The second-order valence-electron chi connectivity index (χ2n) is 5.22. The van der Waals surface area contributed by atoms with Gasteiger partial charge in [0.05, 0.1) is 18.7 Å². The van der Waals surface area contributed by atoms with Crippen LogP contribution in [0.2, 0.25) is 0 Å². The highest BCUT2D eigenvalue weighted by Crippen LogP contribution is 2.10. The Kier molecular flexibility index (Phi) is 7.17. The smallest absolute Gasteiger partial charge is 0.338 e. The van der Waals surface area contributed by atoms with Crippen molar-refractivity contribution in [2.45, 2.75) is 6.92 Å². The highest BCUT2D eigenvalue weighted by atomic mass is 16.5. The van der Waals surface area contributed by atoms with E-state index in [1.807, 2.05) is 6.07 Å². The van der Waals surface area contributed by atoms with Crippen molar-refractivity contribution in [2.75, 3.05) is 25.1 Å². The summed E-state index contributed by atoms with van der Waals surface area (Å²) in [6.45, 7) is 1.67. The number of ether oxygens (including phenoxy) is 2. The van der Waals surface area contributed by atoms with Gasteiger partial charge in [0.2, 0.25) is 5.91 Å². The molecule has 0 heterocycles. The van der Waals surface area contributed by atoms with Crippen LogP contribution in [0, 0.1) is 0 Å². The van der Waals surface area contributed by atoms with Crippen molar-refractivity contribution in [3.8, 4) is 5.75 Å². The van der Waals surface area contributed by atoms with E-state index in [4.69, 9.17) is 9.47 Å². The van der Waals surface area contributed by atoms with Crippen LogP contribution < -0.4 is 15.4 Å². The molecule has 2 aromatic carbocycles. The van der Waals surface area contributed by atoms with Crippen LogP contribution in [0.1, 0.15) is 17.3 Å². The Bertz CT molecular complexity index is 744. The van der Waals surface area contributed by atoms with Gasteiger partial charge in [-0.25, -0.2) is 4.79 Å². The summed E-state index contributed by atoms with van der Waals surface area (Å²) >= 11 is 0. The zero-order valence-electron chi connectivity index (χ0n) is 14.4. The molecule has 0 aromatic heterocycles. The Morgan fingerprint density at radius 3 is 2.27 bits per heavy atom. The topological polar surface area (TPSA) is 93.7 Å². The van der Waals surface area contributed by atoms with Crippen LogP contribution in [-0.4, -0.2) is 37.5 Å². The molecule has 2 N–H and O–H groups in total. The minimum atomic E-state index is -0.420. The fraction of sp³-hybridized carbons (Fsp3) is 0.211. The molecule has 2 aromatic rings. The maximum absolute atomic E-state index is 11.9. The molecule has 0 saturated heterocycles. The summed E-state index contributed by atoms with van der Waals surface area (Å²) < 4.78 is 10.2. The summed E-state index contributed by atoms with van der Waals surface area (Å²) in [5.41, 5.74) is 0.911. The quantitative estimate of drug-likeness (QED) is 0.706. The zero-order chi connectivity index (χ0) is 18.8. The lowest BCUT2D eigenvalue weighted by molar-refractivity contribution is -0.125. The van der Waals surface area contributed by atoms with Crippen molar-refractivity contribution >= 4 is 23.5 Å². The van der Waals surface area contributed by atoms with Crippen molar-refractivity contribution in [1.82, 2.24) is 5.32 Å². The van der Waals surface area contributed by atoms with Gasteiger partial charge in [-0.2, -0.15) is 0 Å². The average molecular weight is 356 g/mol. The normalized spacial score (nSPS) is 9.88. The van der Waals surface area contributed by atoms with E-state index in [1.165, 1.54) is 0 Å². The molecule has 0 radical (unpaired) electrons. The molecule has 26 heavy (non-hydrogen) atoms. The molecule has 0 aliphatic carbocycles. The molecule has 7 nitrogen and oxygen atoms in total. The van der Waals surface area contributed by atoms with Crippen molar-refractivity contribution in [2.24, 2.45) is 0 Å². The molecule has 0 unspecified atom stereocenters. The summed E-state index contributed by atoms with van der Waals surface area (Å²) in [6, 6.07) is 15.2. The van der Waals surface area contributed by atoms with Crippen molar-refractivity contribution < 1.29 is 23.9 Å². The van der Waals surface area contributed by atoms with Gasteiger partial charge in [0.1, 0.15) is 5.75 Å². The molecular formula is C19H20N2O5. The molecule has 2 rings (SSSR count). The Morgan fingerprint density at radius 2 is 1.62 bits per heavy atom. The first kappa shape index (κ1) is 19.0. The van der Waals surface area contributed by atoms with E-state index >= 15 is 0 Å². The van der Waals surface area contributed by atoms with Crippen LogP contribution in [0.5, 0.6) is 5.75 Å². The van der Waals surface area contributed by atoms with E-state index in [2.05, 4.69) is 10.6 Å². The summed E-state index contributed by atoms with van der Waals surface area (Å²) in [7, 11) is 0. The van der Waals surface area contributed by atoms with Gasteiger partial charge < -0.3 is 20.1 Å². The second kappa shape index (κ2) is 9.83. The van der Waals surface area contributed by atoms with E-state index in [-0.39, 0.29) is 19.1 Å². The molecule has 136 valence electrons. The number of hydrogen-bond donors (Lipinski definition) is 2. The summed E-state index contributed by atoms with van der Waals surface area (Å²) in [6.07, 6.45) is 0. The van der Waals surface area contributed by atoms with Crippen LogP contribution >= 0.6 is 0 Å². The summed E-state index contributed by atoms with van der Waals surface area (Å²) in [5, 5.41) is 5.09. The van der Waals surface area contributed by atoms with Gasteiger partial charge >= 0.3 is 5.97 Å². The first-order valence-corrected chi connectivity index (χ1v) is 8.10. The lowest BCUT2D eigenvalue weighted by Crippen LogP contribution is -2.35. The van der Waals surface area contributed by atoms with Gasteiger partial charge in [-0.15, -0.1) is 0 Å². The minimum absolute atomic E-state index is 0.175. The fourth-order valence-corrected chi connectivity index (χ4v) is 2.00. The number of nitrogens with one attached hydrogen (secondary N) is 2. The van der Waals surface area contributed by atoms with Crippen LogP contribution in [-0.2, 0) is 14.3 Å². The van der Waals surface area contributed by atoms with E-state index in [9.17, 15) is 14.4 Å². The lowest BCUT2D eigenvalue weighted by Gasteiger charge is -2.09. The second-order valence-corrected chi connectivity index (χ2v) is 5.22. The van der Waals surface area contributed by atoms with E-state index in [1.54, 1.807) is 55.5 Å². The largest absolute Gasteiger partial charge is 0.484 e. The fourth-order valence-electron chi connectivity index (χ4n) is 2.00. The van der Waals surface area contributed by atoms with E-state index in [0.29, 0.717) is 23.6 Å². The first-order chi connectivity index (χ1) is 12.6. The van der Waals surface area contributed by atoms with Gasteiger partial charge in [-0.3, -0.25) is 9.59 Å². The summed E-state index contributed by atoms with van der Waals surface area (Å²) in [5.74, 6) is -0.631. The predicted molar refractivity (Wildman–Crippen MR) is 96.0 cm³/mol. The third-order valence-electron chi connectivity index (χ3n) is 3.24. The average Bonchev–Trinajstić information content (AvgIpc) is 2.66. The maximum Gasteiger partial charge on any atom is 0.338 e. The van der Waals surface area contributed by atoms with Crippen LogP contribution in [0.25, 0.3) is 0 Å². The monoisotopic (exact) mass is 356 g/mol. The Hall–Kier alpha value is -3.35. The van der Waals surface area contributed by atoms with Gasteiger partial charge in [0, 0.05) is 5.69 Å². The Balaban J connectivity index is 1.72. The van der Waals surface area contributed by atoms with Crippen molar-refractivity contribution in [1.29, 1.82) is 0 Å². The molecule has 0 fully saturated rings. The van der Waals surface area contributed by atoms with Gasteiger partial charge in [-0.05, 0) is 43.3 Å². The lowest BCUT2D eigenvalue weighted by atomic mass is 10.2. The summed E-state index contributed by atoms with van der Waals surface area (Å²) in [4.78, 5) is 35.1. The number of benzene rings is 2. The molecule has 0 aliphatic rings.